The van der Waals surface area contributed by atoms with Crippen LogP contribution >= 0.6 is 0 Å². The molecule has 2 aliphatic carbocycles. The largest absolute Gasteiger partial charge is 0.379 e. The summed E-state index contributed by atoms with van der Waals surface area (Å²) < 4.78 is 0. The third kappa shape index (κ3) is 3.09. The molecule has 5 nitrogen and oxygen atoms in total. The fourth-order valence-electron chi connectivity index (χ4n) is 5.71. The molecule has 4 fully saturated rings. The molecule has 2 saturated carbocycles. The average molecular weight is 356 g/mol. The first-order valence-corrected chi connectivity index (χ1v) is 10.6. The van der Waals surface area contributed by atoms with E-state index in [0.29, 0.717) is 11.5 Å². The third-order valence-electron chi connectivity index (χ3n) is 7.27. The van der Waals surface area contributed by atoms with Gasteiger partial charge in [0.25, 0.3) is 0 Å². The van der Waals surface area contributed by atoms with Crippen LogP contribution in [0.25, 0.3) is 0 Å². The highest BCUT2D eigenvalue weighted by atomic mass is 15.3. The molecule has 1 N–H and O–H groups in total. The summed E-state index contributed by atoms with van der Waals surface area (Å²) in [5, 5.41) is 3.72. The highest BCUT2D eigenvalue weighted by Crippen LogP contribution is 2.46. The van der Waals surface area contributed by atoms with E-state index >= 15 is 0 Å². The molecule has 4 aliphatic rings. The van der Waals surface area contributed by atoms with E-state index < -0.39 is 0 Å². The number of hydrogen-bond acceptors (Lipinski definition) is 5. The number of rotatable bonds is 4. The summed E-state index contributed by atoms with van der Waals surface area (Å²) in [5.74, 6) is 1.17. The van der Waals surface area contributed by atoms with Crippen LogP contribution in [0.2, 0.25) is 0 Å². The Balaban J connectivity index is 1.19. The van der Waals surface area contributed by atoms with Gasteiger partial charge in [0.2, 0.25) is 0 Å². The minimum atomic E-state index is 0.662. The van der Waals surface area contributed by atoms with Crippen molar-refractivity contribution in [2.75, 3.05) is 56.5 Å². The van der Waals surface area contributed by atoms with Crippen LogP contribution in [0, 0.1) is 5.41 Å². The summed E-state index contributed by atoms with van der Waals surface area (Å²) in [6.45, 7) is 7.26. The maximum Gasteiger partial charge on any atom is 0.152 e. The van der Waals surface area contributed by atoms with Gasteiger partial charge in [-0.15, -0.1) is 0 Å². The molecule has 0 bridgehead atoms. The Labute approximate surface area is 157 Å². The molecule has 0 amide bonds. The Bertz CT molecular complexity index is 629. The predicted octanol–water partition coefficient (Wildman–Crippen LogP) is 2.65. The zero-order valence-corrected chi connectivity index (χ0v) is 16.2. The second kappa shape index (κ2) is 6.68. The number of hydrogen-bond donors (Lipinski definition) is 1. The Morgan fingerprint density at radius 2 is 1.92 bits per heavy atom. The summed E-state index contributed by atoms with van der Waals surface area (Å²) in [6, 6.07) is 5.76. The Morgan fingerprint density at radius 1 is 1.12 bits per heavy atom. The summed E-state index contributed by atoms with van der Waals surface area (Å²) in [5.41, 5.74) is 1.90. The number of aromatic nitrogens is 1. The van der Waals surface area contributed by atoms with Crippen LogP contribution in [0.3, 0.4) is 0 Å². The lowest BCUT2D eigenvalue weighted by molar-refractivity contribution is 0.0204. The lowest BCUT2D eigenvalue weighted by Crippen LogP contribution is -2.54. The molecule has 5 heteroatoms. The lowest BCUT2D eigenvalue weighted by atomic mass is 9.78. The van der Waals surface area contributed by atoms with E-state index in [1.807, 2.05) is 6.20 Å². The smallest absolute Gasteiger partial charge is 0.152 e. The van der Waals surface area contributed by atoms with Crippen molar-refractivity contribution >= 4 is 11.5 Å². The quantitative estimate of drug-likeness (QED) is 0.898. The first-order chi connectivity index (χ1) is 12.7. The van der Waals surface area contributed by atoms with Crippen LogP contribution in [-0.4, -0.2) is 73.2 Å². The third-order valence-corrected chi connectivity index (χ3v) is 7.27. The molecular weight excluding hydrogens is 322 g/mol. The van der Waals surface area contributed by atoms with E-state index in [4.69, 9.17) is 4.98 Å². The van der Waals surface area contributed by atoms with Crippen molar-refractivity contribution in [2.24, 2.45) is 5.41 Å². The molecule has 0 aromatic carbocycles. The Hall–Kier alpha value is -1.33. The molecule has 2 aliphatic heterocycles. The van der Waals surface area contributed by atoms with Gasteiger partial charge >= 0.3 is 0 Å². The average Bonchev–Trinajstić information content (AvgIpc) is 3.04. The second-order valence-electron chi connectivity index (χ2n) is 9.24. The molecule has 2 saturated heterocycles. The van der Waals surface area contributed by atoms with Crippen molar-refractivity contribution in [3.8, 4) is 0 Å². The highest BCUT2D eigenvalue weighted by molar-refractivity contribution is 5.66. The SMILES string of the molecule is CN1CC2(CCC(N3CCN(c4ncccc4NC4CCC4)CC3)C2)C1. The van der Waals surface area contributed by atoms with Gasteiger partial charge in [-0.2, -0.15) is 0 Å². The van der Waals surface area contributed by atoms with Gasteiger partial charge in [0.1, 0.15) is 0 Å². The molecule has 1 aromatic rings. The number of piperazine rings is 1. The summed E-state index contributed by atoms with van der Waals surface area (Å²) in [4.78, 5) is 12.5. The number of nitrogens with one attached hydrogen (secondary N) is 1. The molecule has 3 heterocycles. The first-order valence-electron chi connectivity index (χ1n) is 10.6. The van der Waals surface area contributed by atoms with Gasteiger partial charge in [0, 0.05) is 57.5 Å². The predicted molar refractivity (Wildman–Crippen MR) is 107 cm³/mol. The number of anilines is 2. The Kier molecular flexibility index (Phi) is 4.32. The van der Waals surface area contributed by atoms with Gasteiger partial charge in [0.15, 0.2) is 5.82 Å². The van der Waals surface area contributed by atoms with Crippen molar-refractivity contribution in [3.05, 3.63) is 18.3 Å². The summed E-state index contributed by atoms with van der Waals surface area (Å²) in [6.07, 6.45) is 10.2. The van der Waals surface area contributed by atoms with Gasteiger partial charge in [-0.25, -0.2) is 4.98 Å². The lowest BCUT2D eigenvalue weighted by Gasteiger charge is -2.47. The summed E-state index contributed by atoms with van der Waals surface area (Å²) >= 11 is 0. The van der Waals surface area contributed by atoms with Crippen LogP contribution < -0.4 is 10.2 Å². The van der Waals surface area contributed by atoms with Crippen LogP contribution in [0.1, 0.15) is 38.5 Å². The van der Waals surface area contributed by atoms with Crippen molar-refractivity contribution in [2.45, 2.75) is 50.6 Å². The molecule has 0 radical (unpaired) electrons. The topological polar surface area (TPSA) is 34.6 Å². The zero-order valence-electron chi connectivity index (χ0n) is 16.2. The van der Waals surface area contributed by atoms with Gasteiger partial charge in [-0.05, 0) is 63.1 Å². The summed E-state index contributed by atoms with van der Waals surface area (Å²) in [7, 11) is 2.26. The van der Waals surface area contributed by atoms with Crippen LogP contribution in [0.5, 0.6) is 0 Å². The van der Waals surface area contributed by atoms with Gasteiger partial charge in [-0.3, -0.25) is 4.90 Å². The van der Waals surface area contributed by atoms with Crippen molar-refractivity contribution in [3.63, 3.8) is 0 Å². The van der Waals surface area contributed by atoms with E-state index in [9.17, 15) is 0 Å². The molecule has 1 aromatic heterocycles. The van der Waals surface area contributed by atoms with E-state index in [0.717, 1.165) is 19.1 Å². The number of likely N-dealkylation sites (tertiary alicyclic amines) is 1. The van der Waals surface area contributed by atoms with E-state index in [2.05, 4.69) is 39.2 Å². The minimum Gasteiger partial charge on any atom is -0.379 e. The number of pyridine rings is 1. The van der Waals surface area contributed by atoms with E-state index in [1.165, 1.54) is 76.2 Å². The van der Waals surface area contributed by atoms with Crippen LogP contribution in [0.15, 0.2) is 18.3 Å². The molecule has 26 heavy (non-hydrogen) atoms. The van der Waals surface area contributed by atoms with Crippen LogP contribution in [0.4, 0.5) is 11.5 Å². The molecule has 5 rings (SSSR count). The standard InChI is InChI=1S/C21H33N5/c1-24-15-21(16-24)8-7-18(14-21)25-10-12-26(13-11-25)20-19(6-3-9-22-20)23-17-4-2-5-17/h3,6,9,17-18,23H,2,4-5,7-8,10-16H2,1H3. The molecular formula is C21H33N5. The molecule has 1 atom stereocenters. The maximum absolute atomic E-state index is 4.73. The minimum absolute atomic E-state index is 0.662. The van der Waals surface area contributed by atoms with E-state index in [1.54, 1.807) is 0 Å². The first kappa shape index (κ1) is 16.8. The molecule has 1 unspecified atom stereocenters. The maximum atomic E-state index is 4.73. The van der Waals surface area contributed by atoms with E-state index in [-0.39, 0.29) is 0 Å². The monoisotopic (exact) mass is 355 g/mol. The normalized spacial score (nSPS) is 29.6. The van der Waals surface area contributed by atoms with Gasteiger partial charge in [-0.1, -0.05) is 0 Å². The molecule has 1 spiro atoms. The van der Waals surface area contributed by atoms with Gasteiger partial charge in [0.05, 0.1) is 5.69 Å². The Morgan fingerprint density at radius 3 is 2.62 bits per heavy atom. The fraction of sp³-hybridized carbons (Fsp3) is 0.762. The van der Waals surface area contributed by atoms with Crippen molar-refractivity contribution in [1.82, 2.24) is 14.8 Å². The zero-order chi connectivity index (χ0) is 17.6. The van der Waals surface area contributed by atoms with Gasteiger partial charge < -0.3 is 15.1 Å². The van der Waals surface area contributed by atoms with Crippen molar-refractivity contribution in [1.29, 1.82) is 0 Å². The van der Waals surface area contributed by atoms with Crippen LogP contribution in [-0.2, 0) is 0 Å². The molecule has 142 valence electrons. The fourth-order valence-corrected chi connectivity index (χ4v) is 5.71. The van der Waals surface area contributed by atoms with Crippen molar-refractivity contribution < 1.29 is 0 Å². The highest BCUT2D eigenvalue weighted by Gasteiger charge is 2.48. The second-order valence-corrected chi connectivity index (χ2v) is 9.24. The number of nitrogens with zero attached hydrogens (tertiary/aromatic N) is 4.